The molecule has 0 spiro atoms. The van der Waals surface area contributed by atoms with E-state index in [-0.39, 0.29) is 0 Å². The molecule has 0 saturated heterocycles. The van der Waals surface area contributed by atoms with Crippen molar-refractivity contribution in [3.8, 4) is 5.75 Å². The summed E-state index contributed by atoms with van der Waals surface area (Å²) >= 11 is 0. The fourth-order valence-corrected chi connectivity index (χ4v) is 3.29. The van der Waals surface area contributed by atoms with Crippen molar-refractivity contribution >= 4 is 5.69 Å². The summed E-state index contributed by atoms with van der Waals surface area (Å²) in [4.78, 5) is 0. The van der Waals surface area contributed by atoms with Crippen molar-refractivity contribution in [3.63, 3.8) is 0 Å². The fraction of sp³-hybridized carbons (Fsp3) is 0.667. The largest absolute Gasteiger partial charge is 0.493 e. The van der Waals surface area contributed by atoms with Crippen LogP contribution in [0.1, 0.15) is 52.0 Å². The Balaban J connectivity index is 1.59. The van der Waals surface area contributed by atoms with Crippen molar-refractivity contribution in [2.24, 2.45) is 10.8 Å². The molecule has 1 N–H and O–H groups in total. The molecule has 2 aliphatic rings. The highest BCUT2D eigenvalue weighted by atomic mass is 16.5. The van der Waals surface area contributed by atoms with E-state index in [0.717, 1.165) is 25.3 Å². The van der Waals surface area contributed by atoms with Gasteiger partial charge in [0.1, 0.15) is 5.75 Å². The lowest BCUT2D eigenvalue weighted by Gasteiger charge is -2.41. The third kappa shape index (κ3) is 2.94. The van der Waals surface area contributed by atoms with Crippen molar-refractivity contribution in [1.82, 2.24) is 0 Å². The van der Waals surface area contributed by atoms with Gasteiger partial charge in [0.15, 0.2) is 0 Å². The van der Waals surface area contributed by atoms with Crippen LogP contribution >= 0.6 is 0 Å². The second-order valence-electron chi connectivity index (χ2n) is 7.76. The number of hydrogen-bond acceptors (Lipinski definition) is 2. The number of hydrogen-bond donors (Lipinski definition) is 1. The van der Waals surface area contributed by atoms with Gasteiger partial charge in [-0.25, -0.2) is 0 Å². The molecule has 1 fully saturated rings. The topological polar surface area (TPSA) is 21.3 Å². The number of nitrogens with one attached hydrogen (secondary N) is 1. The molecular formula is C18H27NO. The second kappa shape index (κ2) is 4.98. The van der Waals surface area contributed by atoms with Crippen molar-refractivity contribution in [2.75, 3.05) is 18.5 Å². The van der Waals surface area contributed by atoms with Gasteiger partial charge >= 0.3 is 0 Å². The quantitative estimate of drug-likeness (QED) is 0.866. The first kappa shape index (κ1) is 13.8. The van der Waals surface area contributed by atoms with E-state index >= 15 is 0 Å². The van der Waals surface area contributed by atoms with Crippen LogP contribution in [0.15, 0.2) is 18.2 Å². The molecule has 1 aliphatic carbocycles. The summed E-state index contributed by atoms with van der Waals surface area (Å²) in [6.45, 7) is 9.07. The van der Waals surface area contributed by atoms with Gasteiger partial charge in [0.05, 0.1) is 6.61 Å². The van der Waals surface area contributed by atoms with Crippen molar-refractivity contribution in [1.29, 1.82) is 0 Å². The molecule has 0 atom stereocenters. The maximum absolute atomic E-state index is 6.10. The minimum atomic E-state index is 0.349. The van der Waals surface area contributed by atoms with Gasteiger partial charge in [-0.2, -0.15) is 0 Å². The normalized spacial score (nSPS) is 22.9. The smallest absolute Gasteiger partial charge is 0.121 e. The maximum atomic E-state index is 6.10. The van der Waals surface area contributed by atoms with Crippen molar-refractivity contribution in [2.45, 2.75) is 52.9 Å². The zero-order chi connectivity index (χ0) is 14.2. The molecule has 2 heteroatoms. The SMILES string of the molecule is CC1(C)CCC(C)(COc2ccc3c(c2)NCC3)CC1. The fourth-order valence-electron chi connectivity index (χ4n) is 3.29. The monoisotopic (exact) mass is 273 g/mol. The third-order valence-corrected chi connectivity index (χ3v) is 5.19. The Labute approximate surface area is 122 Å². The molecule has 1 saturated carbocycles. The first-order valence-electron chi connectivity index (χ1n) is 7.96. The Kier molecular flexibility index (Phi) is 3.43. The van der Waals surface area contributed by atoms with Crippen LogP contribution in [0.2, 0.25) is 0 Å². The molecule has 0 radical (unpaired) electrons. The van der Waals surface area contributed by atoms with E-state index in [0.29, 0.717) is 10.8 Å². The number of ether oxygens (including phenoxy) is 1. The molecule has 1 aromatic rings. The number of benzene rings is 1. The van der Waals surface area contributed by atoms with Crippen LogP contribution in [-0.4, -0.2) is 13.2 Å². The standard InChI is InChI=1S/C18H27NO/c1-17(2)7-9-18(3,10-8-17)13-20-15-5-4-14-6-11-19-16(14)12-15/h4-5,12,19H,6-11,13H2,1-3H3. The summed E-state index contributed by atoms with van der Waals surface area (Å²) in [5.74, 6) is 1.02. The van der Waals surface area contributed by atoms with Crippen molar-refractivity contribution < 1.29 is 4.74 Å². The molecule has 0 bridgehead atoms. The van der Waals surface area contributed by atoms with Gasteiger partial charge in [-0.3, -0.25) is 0 Å². The van der Waals surface area contributed by atoms with Gasteiger partial charge in [0.25, 0.3) is 0 Å². The average Bonchev–Trinajstić information content (AvgIpc) is 2.88. The lowest BCUT2D eigenvalue weighted by atomic mass is 9.66. The molecule has 1 aliphatic heterocycles. The lowest BCUT2D eigenvalue weighted by Crippen LogP contribution is -2.33. The second-order valence-corrected chi connectivity index (χ2v) is 7.76. The summed E-state index contributed by atoms with van der Waals surface area (Å²) in [6, 6.07) is 6.50. The summed E-state index contributed by atoms with van der Waals surface area (Å²) < 4.78 is 6.10. The van der Waals surface area contributed by atoms with E-state index in [4.69, 9.17) is 4.74 Å². The molecule has 0 amide bonds. The summed E-state index contributed by atoms with van der Waals surface area (Å²) in [6.07, 6.45) is 6.34. The van der Waals surface area contributed by atoms with Gasteiger partial charge < -0.3 is 10.1 Å². The highest BCUT2D eigenvalue weighted by molar-refractivity contribution is 5.58. The molecular weight excluding hydrogens is 246 g/mol. The number of rotatable bonds is 3. The van der Waals surface area contributed by atoms with Crippen LogP contribution in [0.5, 0.6) is 5.75 Å². The first-order chi connectivity index (χ1) is 9.46. The molecule has 2 nitrogen and oxygen atoms in total. The highest BCUT2D eigenvalue weighted by Gasteiger charge is 2.35. The Morgan fingerprint density at radius 2 is 1.85 bits per heavy atom. The maximum Gasteiger partial charge on any atom is 0.121 e. The molecule has 3 rings (SSSR count). The zero-order valence-corrected chi connectivity index (χ0v) is 13.1. The Morgan fingerprint density at radius 3 is 2.60 bits per heavy atom. The van der Waals surface area contributed by atoms with Gasteiger partial charge in [0, 0.05) is 23.7 Å². The van der Waals surface area contributed by atoms with E-state index in [2.05, 4.69) is 44.3 Å². The van der Waals surface area contributed by atoms with E-state index in [9.17, 15) is 0 Å². The van der Waals surface area contributed by atoms with Gasteiger partial charge in [0.2, 0.25) is 0 Å². The molecule has 0 aromatic heterocycles. The number of fused-ring (bicyclic) bond motifs is 1. The van der Waals surface area contributed by atoms with Crippen LogP contribution in [0.25, 0.3) is 0 Å². The van der Waals surface area contributed by atoms with Gasteiger partial charge in [-0.15, -0.1) is 0 Å². The predicted molar refractivity (Wildman–Crippen MR) is 84.5 cm³/mol. The summed E-state index contributed by atoms with van der Waals surface area (Å²) in [5.41, 5.74) is 3.55. The molecule has 110 valence electrons. The minimum absolute atomic E-state index is 0.349. The predicted octanol–water partition coefficient (Wildman–Crippen LogP) is 4.64. The van der Waals surface area contributed by atoms with E-state index in [1.807, 2.05) is 0 Å². The molecule has 1 heterocycles. The third-order valence-electron chi connectivity index (χ3n) is 5.19. The summed E-state index contributed by atoms with van der Waals surface area (Å²) in [7, 11) is 0. The van der Waals surface area contributed by atoms with Crippen LogP contribution in [-0.2, 0) is 6.42 Å². The molecule has 20 heavy (non-hydrogen) atoms. The average molecular weight is 273 g/mol. The van der Waals surface area contributed by atoms with Crippen molar-refractivity contribution in [3.05, 3.63) is 23.8 Å². The minimum Gasteiger partial charge on any atom is -0.493 e. The van der Waals surface area contributed by atoms with Gasteiger partial charge in [-0.05, 0) is 49.1 Å². The van der Waals surface area contributed by atoms with E-state index in [1.54, 1.807) is 0 Å². The summed E-state index contributed by atoms with van der Waals surface area (Å²) in [5, 5.41) is 3.42. The number of anilines is 1. The van der Waals surface area contributed by atoms with E-state index in [1.165, 1.54) is 36.9 Å². The van der Waals surface area contributed by atoms with Crippen LogP contribution in [0, 0.1) is 10.8 Å². The van der Waals surface area contributed by atoms with Crippen LogP contribution in [0.4, 0.5) is 5.69 Å². The first-order valence-corrected chi connectivity index (χ1v) is 7.96. The van der Waals surface area contributed by atoms with Crippen LogP contribution in [0.3, 0.4) is 0 Å². The van der Waals surface area contributed by atoms with Crippen LogP contribution < -0.4 is 10.1 Å². The van der Waals surface area contributed by atoms with Gasteiger partial charge in [-0.1, -0.05) is 26.8 Å². The molecule has 0 unspecified atom stereocenters. The Morgan fingerprint density at radius 1 is 1.10 bits per heavy atom. The Bertz CT molecular complexity index is 482. The Hall–Kier alpha value is -1.18. The molecule has 1 aromatic carbocycles. The zero-order valence-electron chi connectivity index (χ0n) is 13.1. The highest BCUT2D eigenvalue weighted by Crippen LogP contribution is 2.45. The lowest BCUT2D eigenvalue weighted by molar-refractivity contribution is 0.0659. The van der Waals surface area contributed by atoms with E-state index < -0.39 is 0 Å².